The normalized spacial score (nSPS) is 26.2. The Morgan fingerprint density at radius 2 is 0.603 bits per heavy atom. The number of nitrogens with one attached hydrogen (secondary N) is 1. The van der Waals surface area contributed by atoms with Gasteiger partial charge in [0, 0.05) is 19.8 Å². The average Bonchev–Trinajstić information content (AvgIpc) is 0.801. The van der Waals surface area contributed by atoms with E-state index in [1.165, 1.54) is 51.4 Å². The second-order valence-corrected chi connectivity index (χ2v) is 43.6. The van der Waals surface area contributed by atoms with E-state index in [-0.39, 0.29) is 12.8 Å². The van der Waals surface area contributed by atoms with Crippen LogP contribution in [0.25, 0.3) is 0 Å². The van der Waals surface area contributed by atoms with E-state index in [0.29, 0.717) is 12.8 Å². The lowest BCUT2D eigenvalue weighted by atomic mass is 9.97. The third-order valence-electron chi connectivity index (χ3n) is 21.4. The van der Waals surface area contributed by atoms with Crippen molar-refractivity contribution in [3.63, 3.8) is 0 Å². The summed E-state index contributed by atoms with van der Waals surface area (Å²) in [6.45, 7) is -9.80. The van der Waals surface area contributed by atoms with Gasteiger partial charge in [0.15, 0.2) is 25.0 Å². The van der Waals surface area contributed by atoms with Crippen molar-refractivity contribution in [2.45, 2.75) is 362 Å². The van der Waals surface area contributed by atoms with Crippen LogP contribution in [0.15, 0.2) is 0 Å². The number of phosphoric ester groups is 6. The van der Waals surface area contributed by atoms with Gasteiger partial charge >= 0.3 is 82.8 Å². The van der Waals surface area contributed by atoms with Crippen molar-refractivity contribution in [2.75, 3.05) is 112 Å². The number of phosphoric acid groups is 6. The third kappa shape index (κ3) is 57.5. The lowest BCUT2D eigenvalue weighted by Gasteiger charge is -2.43. The molecule has 26 N–H and O–H groups in total. The molecule has 0 aliphatic carbocycles. The first-order valence-corrected chi connectivity index (χ1v) is 56.8. The Labute approximate surface area is 844 Å². The maximum absolute atomic E-state index is 13.8. The van der Waals surface area contributed by atoms with Gasteiger partial charge in [-0.3, -0.25) is 87.8 Å². The number of aliphatic hydroxyl groups excluding tert-OH is 11. The summed E-state index contributed by atoms with van der Waals surface area (Å²) in [6, 6.07) is -7.71. The minimum atomic E-state index is -5.76. The summed E-state index contributed by atoms with van der Waals surface area (Å²) in [6.07, 6.45) is -18.5. The number of ether oxygens (including phenoxy) is 12. The minimum absolute atomic E-state index is 0.0113. The number of carbonyl (C=O) groups excluding carboxylic acids is 7. The molecule has 0 radical (unpaired) electrons. The number of unbranched alkanes of at least 4 members (excludes halogenated alkanes) is 20. The van der Waals surface area contributed by atoms with E-state index in [1.54, 1.807) is 0 Å². The largest absolute Gasteiger partial charge is 0.472 e. The molecule has 0 aromatic carbocycles. The summed E-state index contributed by atoms with van der Waals surface area (Å²) < 4.78 is 204. The molecule has 0 bridgehead atoms. The number of hydrogen-bond acceptors (Lipinski definition) is 52. The summed E-state index contributed by atoms with van der Waals surface area (Å²) in [5, 5.41) is 119. The number of rotatable bonds is 82. The Morgan fingerprint density at radius 3 is 0.925 bits per heavy atom. The zero-order valence-corrected chi connectivity index (χ0v) is 88.1. The van der Waals surface area contributed by atoms with Crippen molar-refractivity contribution in [3.05, 3.63) is 0 Å². The van der Waals surface area contributed by atoms with Crippen molar-refractivity contribution in [1.82, 2.24) is 5.32 Å². The zero-order chi connectivity index (χ0) is 110. The molecule has 0 aromatic rings. The Hall–Kier alpha value is -3.89. The second kappa shape index (κ2) is 71.3. The molecule has 65 heteroatoms. The van der Waals surface area contributed by atoms with Gasteiger partial charge in [-0.15, -0.1) is 0 Å². The molecular formula is C81H155N5O54P6. The standard InChI is InChI=1S/C81H155N5O54P6/c1-8-10-12-14-16-18-20-22-24-26-28-30-64(91)117-35-55(132-65(92)31-29-27-25-23-21-19-17-15-13-11-9-2)36-118-80-73(99)71(97)68(94)62(139-80)47-119-81-74(100)72(98)69(95)63(140-81)48-131-146(115,116)130-46-60(137-79-66(86-53(7)89)70(96)67(93)61(33-88)138-79)45-129-145(113,114)128-44-59(136-78(104)52(6)85)43-127-144(111,112)126-42-58(135-77(103)51(5)84)41-125-143(109,110)124-40-57(134-76(102)50(4)83)39-123-142(107,108)122-38-56(133-75(101)49(3)82)37-121-141(105,106)120-34-54(90)32-87/h49-52,54-63,66-74,79-81,87-88,90,93-100H,8-48,82-85H2,1-7H3,(H,86,89)(H,105,106)(H,107,108)(H,109,110)(H,111,112)(H,113,114)(H,115,116)/t49?,50?,51?,52?,54-,55?,56-,57-,58-,59-,60-,61+,62+,63+,66+,67+,68+,69+,70+,71-,72-,73+,74+,79-,80+,81+/m0/s1. The smallest absolute Gasteiger partial charge is 0.462 e. The van der Waals surface area contributed by atoms with Gasteiger partial charge in [0.25, 0.3) is 0 Å². The van der Waals surface area contributed by atoms with Crippen molar-refractivity contribution in [1.29, 1.82) is 0 Å². The molecule has 3 aliphatic rings. The highest BCUT2D eigenvalue weighted by Crippen LogP contribution is 2.50. The van der Waals surface area contributed by atoms with Crippen molar-refractivity contribution >= 4 is 88.7 Å². The van der Waals surface area contributed by atoms with E-state index in [4.69, 9.17) is 130 Å². The number of esters is 6. The Morgan fingerprint density at radius 1 is 0.322 bits per heavy atom. The maximum atomic E-state index is 13.8. The Kier molecular flexibility index (Phi) is 66.5. The number of aliphatic hydroxyl groups is 11. The monoisotopic (exact) mass is 2250 g/mol. The highest BCUT2D eigenvalue weighted by atomic mass is 31.2. The van der Waals surface area contributed by atoms with E-state index in [9.17, 15) is 141 Å². The molecule has 59 nitrogen and oxygen atoms in total. The van der Waals surface area contributed by atoms with Gasteiger partial charge in [-0.05, 0) is 40.5 Å². The maximum Gasteiger partial charge on any atom is 0.472 e. The van der Waals surface area contributed by atoms with Crippen molar-refractivity contribution < 1.29 is 258 Å². The van der Waals surface area contributed by atoms with Gasteiger partial charge in [-0.1, -0.05) is 142 Å². The molecule has 3 saturated heterocycles. The predicted octanol–water partition coefficient (Wildman–Crippen LogP) is -0.988. The van der Waals surface area contributed by atoms with Crippen LogP contribution in [0, 0.1) is 0 Å². The first-order chi connectivity index (χ1) is 68.5. The van der Waals surface area contributed by atoms with E-state index in [1.807, 2.05) is 0 Å². The van der Waals surface area contributed by atoms with E-state index in [2.05, 4.69) is 28.2 Å². The molecule has 32 atom stereocenters. The van der Waals surface area contributed by atoms with Crippen LogP contribution in [-0.4, -0.2) is 399 Å². The highest BCUT2D eigenvalue weighted by molar-refractivity contribution is 7.48. The van der Waals surface area contributed by atoms with Crippen molar-refractivity contribution in [2.24, 2.45) is 22.9 Å². The van der Waals surface area contributed by atoms with Gasteiger partial charge < -0.3 is 171 Å². The SMILES string of the molecule is CCCCCCCCCCCCCC(=O)OCC(CO[C@@H]1O[C@H](CO[C@@H]2O[C@H](COP(=O)(O)OC[C@H](COP(=O)(O)OC[C@H](COP(=O)(O)OC[C@H](COP(=O)(O)OC[C@H](COP(=O)(O)OC[C@H](COP(=O)(O)OC[C@@H](O)CO)OC(=O)C(C)N)OC(=O)C(C)N)OC(=O)C(C)N)OC(=O)C(C)N)O[C@H]3O[C@H](CO)[C@@H](O)[C@H](O)[C@H]3NC(C)=O)[C@@H](O)[C@H](O)[C@H]2O)[C@@H](O)[C@H](O)[C@H]1O)OC(=O)CCCCCCCCCCCCC. The summed E-state index contributed by atoms with van der Waals surface area (Å²) >= 11 is 0. The molecule has 0 saturated carbocycles. The lowest BCUT2D eigenvalue weighted by molar-refractivity contribution is -0.332. The van der Waals surface area contributed by atoms with E-state index in [0.717, 1.165) is 112 Å². The van der Waals surface area contributed by atoms with Crippen LogP contribution in [0.5, 0.6) is 0 Å². The first-order valence-electron chi connectivity index (χ1n) is 47.9. The Bertz CT molecular complexity index is 4030. The fourth-order valence-corrected chi connectivity index (χ4v) is 17.8. The van der Waals surface area contributed by atoms with Crippen LogP contribution in [0.1, 0.15) is 203 Å². The first kappa shape index (κ1) is 136. The molecule has 146 heavy (non-hydrogen) atoms. The topological polar surface area (TPSA) is 903 Å². The van der Waals surface area contributed by atoms with Crippen LogP contribution in [0.4, 0.5) is 0 Å². The van der Waals surface area contributed by atoms with Crippen molar-refractivity contribution in [3.8, 4) is 0 Å². The molecule has 0 spiro atoms. The zero-order valence-electron chi connectivity index (χ0n) is 82.7. The van der Waals surface area contributed by atoms with E-state index < -0.39 is 360 Å². The third-order valence-corrected chi connectivity index (χ3v) is 27.1. The molecule has 3 fully saturated rings. The fourth-order valence-electron chi connectivity index (χ4n) is 13.1. The lowest BCUT2D eigenvalue weighted by Crippen LogP contribution is -2.65. The van der Waals surface area contributed by atoms with Gasteiger partial charge in [-0.25, -0.2) is 27.4 Å². The number of amides is 1. The van der Waals surface area contributed by atoms with Crippen LogP contribution in [0.2, 0.25) is 0 Å². The summed E-state index contributed by atoms with van der Waals surface area (Å²) in [7, 11) is -33.3. The predicted molar refractivity (Wildman–Crippen MR) is 496 cm³/mol. The van der Waals surface area contributed by atoms with Crippen LogP contribution in [0.3, 0.4) is 0 Å². The van der Waals surface area contributed by atoms with Crippen LogP contribution in [-0.2, 0) is 172 Å². The number of nitrogens with two attached hydrogens (primary N) is 4. The molecule has 3 aliphatic heterocycles. The van der Waals surface area contributed by atoms with Crippen LogP contribution < -0.4 is 28.3 Å². The molecule has 3 rings (SSSR count). The summed E-state index contributed by atoms with van der Waals surface area (Å²) in [4.78, 5) is 153. The minimum Gasteiger partial charge on any atom is -0.462 e. The highest BCUT2D eigenvalue weighted by Gasteiger charge is 2.51. The van der Waals surface area contributed by atoms with Gasteiger partial charge in [0.05, 0.1) is 106 Å². The summed E-state index contributed by atoms with van der Waals surface area (Å²) in [5.41, 5.74) is 22.3. The fraction of sp³-hybridized carbons (Fsp3) is 0.914. The van der Waals surface area contributed by atoms with Crippen LogP contribution >= 0.6 is 46.9 Å². The van der Waals surface area contributed by atoms with Gasteiger partial charge in [-0.2, -0.15) is 0 Å². The number of hydrogen-bond donors (Lipinski definition) is 22. The molecule has 3 heterocycles. The molecule has 0 aromatic heterocycles. The van der Waals surface area contributed by atoms with Gasteiger partial charge in [0.1, 0.15) is 141 Å². The molecule has 1 amide bonds. The molecular weight excluding hydrogens is 2090 g/mol. The Balaban J connectivity index is 1.79. The second-order valence-electron chi connectivity index (χ2n) is 34.8. The number of carbonyl (C=O) groups is 7. The summed E-state index contributed by atoms with van der Waals surface area (Å²) in [5.74, 6) is -7.36. The quantitative estimate of drug-likeness (QED) is 0.0150. The van der Waals surface area contributed by atoms with Gasteiger partial charge in [0.2, 0.25) is 5.91 Å². The average molecular weight is 2250 g/mol. The molecule has 11 unspecified atom stereocenters. The van der Waals surface area contributed by atoms with E-state index >= 15 is 0 Å². The molecule has 858 valence electrons.